The van der Waals surface area contributed by atoms with Gasteiger partial charge in [0.2, 0.25) is 0 Å². The topological polar surface area (TPSA) is 80.0 Å². The third kappa shape index (κ3) is 4.45. The summed E-state index contributed by atoms with van der Waals surface area (Å²) >= 11 is 0. The zero-order valence-corrected chi connectivity index (χ0v) is 17.0. The molecule has 0 aliphatic carbocycles. The normalized spacial score (nSPS) is 19.8. The van der Waals surface area contributed by atoms with E-state index >= 15 is 0 Å². The fourth-order valence-electron chi connectivity index (χ4n) is 3.95. The molecule has 0 spiro atoms. The van der Waals surface area contributed by atoms with Crippen LogP contribution < -0.4 is 4.90 Å². The summed E-state index contributed by atoms with van der Waals surface area (Å²) in [6, 6.07) is 5.52. The van der Waals surface area contributed by atoms with Crippen molar-refractivity contribution in [3.63, 3.8) is 0 Å². The number of hydrogen-bond acceptors (Lipinski definition) is 6. The summed E-state index contributed by atoms with van der Waals surface area (Å²) in [5, 5.41) is 23.3. The molecule has 0 saturated carbocycles. The molecule has 150 valence electrons. The predicted octanol–water partition coefficient (Wildman–Crippen LogP) is 3.63. The van der Waals surface area contributed by atoms with E-state index in [1.165, 1.54) is 6.42 Å². The Morgan fingerprint density at radius 3 is 2.41 bits per heavy atom. The summed E-state index contributed by atoms with van der Waals surface area (Å²) in [4.78, 5) is 6.68. The minimum absolute atomic E-state index is 0.0839. The fourth-order valence-corrected chi connectivity index (χ4v) is 3.95. The molecular weight excluding hydrogens is 364 g/mol. The van der Waals surface area contributed by atoms with E-state index in [0.29, 0.717) is 23.2 Å². The molecule has 3 aromatic heterocycles. The van der Waals surface area contributed by atoms with E-state index in [2.05, 4.69) is 39.0 Å². The molecule has 1 N–H and O–H groups in total. The molecule has 3 aromatic rings. The first-order valence-corrected chi connectivity index (χ1v) is 9.92. The summed E-state index contributed by atoms with van der Waals surface area (Å²) in [6.45, 7) is 6.55. The lowest BCUT2D eigenvalue weighted by Crippen LogP contribution is -2.39. The molecule has 0 amide bonds. The molecule has 0 radical (unpaired) electrons. The zero-order chi connectivity index (χ0) is 20.4. The van der Waals surface area contributed by atoms with E-state index in [-0.39, 0.29) is 5.75 Å². The highest BCUT2D eigenvalue weighted by Gasteiger charge is 2.23. The molecule has 1 saturated heterocycles. The van der Waals surface area contributed by atoms with Crippen molar-refractivity contribution in [3.8, 4) is 17.1 Å². The number of nitrogens with zero attached hydrogens (tertiary/aromatic N) is 6. The van der Waals surface area contributed by atoms with Gasteiger partial charge in [0, 0.05) is 38.1 Å². The van der Waals surface area contributed by atoms with Crippen molar-refractivity contribution in [1.29, 1.82) is 0 Å². The Morgan fingerprint density at radius 2 is 1.79 bits per heavy atom. The lowest BCUT2D eigenvalue weighted by molar-refractivity contribution is 0.355. The smallest absolute Gasteiger partial charge is 0.151 e. The number of aryl methyl sites for hydroxylation is 1. The molecule has 0 bridgehead atoms. The molecule has 0 unspecified atom stereocenters. The third-order valence-corrected chi connectivity index (χ3v) is 5.17. The summed E-state index contributed by atoms with van der Waals surface area (Å²) in [5.41, 5.74) is 2.78. The summed E-state index contributed by atoms with van der Waals surface area (Å²) in [6.07, 6.45) is 10.5. The van der Waals surface area contributed by atoms with Gasteiger partial charge in [-0.1, -0.05) is 26.0 Å². The van der Waals surface area contributed by atoms with Crippen LogP contribution in [0.1, 0.15) is 31.4 Å². The Morgan fingerprint density at radius 1 is 1.03 bits per heavy atom. The Hall–Kier alpha value is -3.22. The zero-order valence-electron chi connectivity index (χ0n) is 17.0. The van der Waals surface area contributed by atoms with Crippen molar-refractivity contribution in [2.45, 2.75) is 20.3 Å². The highest BCUT2D eigenvalue weighted by atomic mass is 16.3. The molecule has 1 aliphatic heterocycles. The predicted molar refractivity (Wildman–Crippen MR) is 114 cm³/mol. The minimum Gasteiger partial charge on any atom is -0.506 e. The number of anilines is 1. The van der Waals surface area contributed by atoms with Gasteiger partial charge >= 0.3 is 0 Å². The molecule has 1 aliphatic rings. The molecular formula is C22H26N6O. The highest BCUT2D eigenvalue weighted by molar-refractivity contribution is 5.72. The number of aromatic hydroxyl groups is 1. The summed E-state index contributed by atoms with van der Waals surface area (Å²) in [5.74, 6) is 2.26. The van der Waals surface area contributed by atoms with Crippen molar-refractivity contribution < 1.29 is 5.11 Å². The first-order chi connectivity index (χ1) is 14.0. The van der Waals surface area contributed by atoms with Crippen LogP contribution in [0.15, 0.2) is 36.8 Å². The second-order valence-corrected chi connectivity index (χ2v) is 8.04. The van der Waals surface area contributed by atoms with Crippen LogP contribution in [0, 0.1) is 11.8 Å². The molecule has 7 heteroatoms. The van der Waals surface area contributed by atoms with Crippen molar-refractivity contribution in [2.24, 2.45) is 18.9 Å². The van der Waals surface area contributed by atoms with E-state index in [1.54, 1.807) is 23.1 Å². The van der Waals surface area contributed by atoms with Gasteiger partial charge < -0.3 is 10.0 Å². The van der Waals surface area contributed by atoms with Crippen LogP contribution in [0.2, 0.25) is 0 Å². The number of piperidine rings is 1. The van der Waals surface area contributed by atoms with Crippen molar-refractivity contribution in [2.75, 3.05) is 18.0 Å². The average molecular weight is 390 g/mol. The Kier molecular flexibility index (Phi) is 5.29. The van der Waals surface area contributed by atoms with E-state index < -0.39 is 0 Å². The number of aromatic nitrogens is 5. The maximum atomic E-state index is 10.4. The maximum Gasteiger partial charge on any atom is 0.151 e. The molecule has 2 atom stereocenters. The van der Waals surface area contributed by atoms with Gasteiger partial charge in [0.25, 0.3) is 0 Å². The number of pyridine rings is 1. The van der Waals surface area contributed by atoms with Crippen LogP contribution in [0.5, 0.6) is 5.75 Å². The largest absolute Gasteiger partial charge is 0.506 e. The number of hydrogen-bond donors (Lipinski definition) is 1. The van der Waals surface area contributed by atoms with Crippen molar-refractivity contribution >= 4 is 18.0 Å². The van der Waals surface area contributed by atoms with E-state index in [1.807, 2.05) is 37.5 Å². The molecule has 4 heterocycles. The van der Waals surface area contributed by atoms with E-state index in [9.17, 15) is 5.11 Å². The lowest BCUT2D eigenvalue weighted by atomic mass is 9.92. The van der Waals surface area contributed by atoms with Crippen LogP contribution in [-0.2, 0) is 7.05 Å². The third-order valence-electron chi connectivity index (χ3n) is 5.17. The lowest BCUT2D eigenvalue weighted by Gasteiger charge is -2.35. The van der Waals surface area contributed by atoms with Crippen molar-refractivity contribution in [1.82, 2.24) is 25.0 Å². The Bertz CT molecular complexity index is 1000. The monoisotopic (exact) mass is 390 g/mol. The fraction of sp³-hybridized carbons (Fsp3) is 0.364. The van der Waals surface area contributed by atoms with Gasteiger partial charge in [-0.2, -0.15) is 5.10 Å². The average Bonchev–Trinajstić information content (AvgIpc) is 3.11. The van der Waals surface area contributed by atoms with E-state index in [0.717, 1.165) is 30.0 Å². The van der Waals surface area contributed by atoms with Crippen LogP contribution >= 0.6 is 0 Å². The SMILES string of the molecule is C[C@@H]1C[C@H](C)CN(c2ccc(-c3ncc(/C=C/c4cnn(C)c4)cc3O)nn2)C1. The quantitative estimate of drug-likeness (QED) is 0.733. The number of rotatable bonds is 4. The molecule has 1 fully saturated rings. The van der Waals surface area contributed by atoms with Gasteiger partial charge in [-0.05, 0) is 42.0 Å². The van der Waals surface area contributed by atoms with Crippen molar-refractivity contribution in [3.05, 3.63) is 47.9 Å². The Labute approximate surface area is 170 Å². The minimum atomic E-state index is 0.0839. The van der Waals surface area contributed by atoms with E-state index in [4.69, 9.17) is 0 Å². The van der Waals surface area contributed by atoms with Crippen LogP contribution in [0.4, 0.5) is 5.82 Å². The molecule has 4 rings (SSSR count). The Balaban J connectivity index is 1.50. The van der Waals surface area contributed by atoms with Gasteiger partial charge in [-0.25, -0.2) is 4.98 Å². The molecule has 7 nitrogen and oxygen atoms in total. The van der Waals surface area contributed by atoms with Gasteiger partial charge in [-0.3, -0.25) is 4.68 Å². The molecule has 0 aromatic carbocycles. The van der Waals surface area contributed by atoms with Crippen LogP contribution in [-0.4, -0.2) is 43.2 Å². The second-order valence-electron chi connectivity index (χ2n) is 8.04. The highest BCUT2D eigenvalue weighted by Crippen LogP contribution is 2.29. The standard InChI is InChI=1S/C22H26N6O/c1-15-8-16(2)13-28(12-15)21-7-6-19(25-26-21)22-20(29)9-17(10-23-22)4-5-18-11-24-27(3)14-18/h4-7,9-11,14-16,29H,8,12-13H2,1-3H3/b5-4+/t15-,16+. The first kappa shape index (κ1) is 19.1. The van der Waals surface area contributed by atoms with Gasteiger partial charge in [0.15, 0.2) is 5.82 Å². The van der Waals surface area contributed by atoms with Gasteiger partial charge in [0.05, 0.1) is 6.20 Å². The second kappa shape index (κ2) is 8.03. The first-order valence-electron chi connectivity index (χ1n) is 9.92. The summed E-state index contributed by atoms with van der Waals surface area (Å²) in [7, 11) is 1.87. The van der Waals surface area contributed by atoms with Crippen LogP contribution in [0.25, 0.3) is 23.5 Å². The molecule has 29 heavy (non-hydrogen) atoms. The van der Waals surface area contributed by atoms with Gasteiger partial charge in [0.1, 0.15) is 17.1 Å². The summed E-state index contributed by atoms with van der Waals surface area (Å²) < 4.78 is 1.74. The maximum absolute atomic E-state index is 10.4. The van der Waals surface area contributed by atoms with Gasteiger partial charge in [-0.15, -0.1) is 10.2 Å². The van der Waals surface area contributed by atoms with Crippen LogP contribution in [0.3, 0.4) is 0 Å².